The van der Waals surface area contributed by atoms with Gasteiger partial charge in [-0.15, -0.1) is 0 Å². The molecule has 1 aromatic carbocycles. The van der Waals surface area contributed by atoms with E-state index in [1.54, 1.807) is 14.2 Å². The largest absolute Gasteiger partial charge is 0.496 e. The molecule has 2 rings (SSSR count). The topological polar surface area (TPSA) is 42.5 Å². The smallest absolute Gasteiger partial charge is 0.127 e. The van der Waals surface area contributed by atoms with Crippen LogP contribution in [0.1, 0.15) is 43.0 Å². The predicted octanol–water partition coefficient (Wildman–Crippen LogP) is 2.41. The summed E-state index contributed by atoms with van der Waals surface area (Å²) in [5, 5.41) is 6.93. The van der Waals surface area contributed by atoms with E-state index in [2.05, 4.69) is 30.5 Å². The lowest BCUT2D eigenvalue weighted by Gasteiger charge is -2.30. The highest BCUT2D eigenvalue weighted by Gasteiger charge is 2.27. The highest BCUT2D eigenvalue weighted by Crippen LogP contribution is 2.41. The van der Waals surface area contributed by atoms with Crippen LogP contribution in [-0.4, -0.2) is 27.3 Å². The maximum absolute atomic E-state index is 5.71. The van der Waals surface area contributed by atoms with E-state index in [9.17, 15) is 0 Å². The van der Waals surface area contributed by atoms with Crippen molar-refractivity contribution in [2.75, 3.05) is 27.3 Å². The van der Waals surface area contributed by atoms with E-state index in [-0.39, 0.29) is 0 Å². The van der Waals surface area contributed by atoms with Crippen molar-refractivity contribution in [3.63, 3.8) is 0 Å². The van der Waals surface area contributed by atoms with Crippen LogP contribution in [0.3, 0.4) is 0 Å². The maximum atomic E-state index is 5.71. The molecule has 0 aromatic heterocycles. The Morgan fingerprint density at radius 2 is 2.10 bits per heavy atom. The van der Waals surface area contributed by atoms with Gasteiger partial charge in [0.1, 0.15) is 11.5 Å². The van der Waals surface area contributed by atoms with Crippen molar-refractivity contribution in [1.82, 2.24) is 10.6 Å². The molecule has 0 spiro atoms. The van der Waals surface area contributed by atoms with Gasteiger partial charge in [0.2, 0.25) is 0 Å². The molecule has 0 fully saturated rings. The standard InChI is InChI=1S/C16H26N2O2/c1-5-13-15-12(7-8-18-13)16(20-4)11(10-17-6-2)9-14(15)19-3/h9,13,17-18H,5-8,10H2,1-4H3. The number of nitrogens with one attached hydrogen (secondary N) is 2. The zero-order valence-electron chi connectivity index (χ0n) is 13.0. The molecule has 1 aliphatic heterocycles. The average Bonchev–Trinajstić information content (AvgIpc) is 2.50. The highest BCUT2D eigenvalue weighted by molar-refractivity contribution is 5.56. The van der Waals surface area contributed by atoms with Gasteiger partial charge in [0, 0.05) is 29.3 Å². The number of fused-ring (bicyclic) bond motifs is 1. The van der Waals surface area contributed by atoms with Crippen molar-refractivity contribution in [3.8, 4) is 11.5 Å². The van der Waals surface area contributed by atoms with Gasteiger partial charge < -0.3 is 20.1 Å². The SMILES string of the molecule is CCNCc1cc(OC)c2c(c1OC)CCNC2CC. The number of hydrogen-bond acceptors (Lipinski definition) is 4. The van der Waals surface area contributed by atoms with Crippen LogP contribution in [0.25, 0.3) is 0 Å². The number of ether oxygens (including phenoxy) is 2. The minimum atomic E-state index is 0.357. The fourth-order valence-electron chi connectivity index (χ4n) is 3.03. The van der Waals surface area contributed by atoms with Crippen LogP contribution in [0.5, 0.6) is 11.5 Å². The quantitative estimate of drug-likeness (QED) is 0.838. The Kier molecular flexibility index (Phi) is 5.26. The van der Waals surface area contributed by atoms with Gasteiger partial charge in [0.25, 0.3) is 0 Å². The Labute approximate surface area is 121 Å². The molecule has 1 aromatic rings. The summed E-state index contributed by atoms with van der Waals surface area (Å²) in [5.74, 6) is 2.01. The molecule has 1 heterocycles. The van der Waals surface area contributed by atoms with Gasteiger partial charge in [-0.2, -0.15) is 0 Å². The molecule has 0 radical (unpaired) electrons. The fraction of sp³-hybridized carbons (Fsp3) is 0.625. The van der Waals surface area contributed by atoms with Crippen LogP contribution in [0.4, 0.5) is 0 Å². The molecular formula is C16H26N2O2. The first-order chi connectivity index (χ1) is 9.76. The monoisotopic (exact) mass is 278 g/mol. The lowest BCUT2D eigenvalue weighted by Crippen LogP contribution is -2.30. The fourth-order valence-corrected chi connectivity index (χ4v) is 3.03. The van der Waals surface area contributed by atoms with Crippen LogP contribution in [0.2, 0.25) is 0 Å². The molecule has 0 amide bonds. The molecule has 0 bridgehead atoms. The van der Waals surface area contributed by atoms with Gasteiger partial charge in [-0.25, -0.2) is 0 Å². The van der Waals surface area contributed by atoms with Crippen molar-refractivity contribution in [2.45, 2.75) is 39.3 Å². The molecule has 0 saturated heterocycles. The van der Waals surface area contributed by atoms with Gasteiger partial charge in [-0.05, 0) is 32.0 Å². The number of benzene rings is 1. The molecule has 1 aliphatic rings. The second-order valence-corrected chi connectivity index (χ2v) is 5.11. The summed E-state index contributed by atoms with van der Waals surface area (Å²) in [4.78, 5) is 0. The van der Waals surface area contributed by atoms with E-state index >= 15 is 0 Å². The Morgan fingerprint density at radius 1 is 1.30 bits per heavy atom. The van der Waals surface area contributed by atoms with Gasteiger partial charge in [-0.3, -0.25) is 0 Å². The summed E-state index contributed by atoms with van der Waals surface area (Å²) < 4.78 is 11.4. The van der Waals surface area contributed by atoms with E-state index in [1.807, 2.05) is 0 Å². The maximum Gasteiger partial charge on any atom is 0.127 e. The predicted molar refractivity (Wildman–Crippen MR) is 81.7 cm³/mol. The number of methoxy groups -OCH3 is 2. The van der Waals surface area contributed by atoms with Crippen molar-refractivity contribution < 1.29 is 9.47 Å². The van der Waals surface area contributed by atoms with Gasteiger partial charge in [-0.1, -0.05) is 13.8 Å². The third kappa shape index (κ3) is 2.76. The van der Waals surface area contributed by atoms with Gasteiger partial charge in [0.15, 0.2) is 0 Å². The second-order valence-electron chi connectivity index (χ2n) is 5.11. The first-order valence-electron chi connectivity index (χ1n) is 7.47. The molecule has 0 saturated carbocycles. The molecule has 0 aliphatic carbocycles. The molecule has 1 unspecified atom stereocenters. The van der Waals surface area contributed by atoms with E-state index in [0.29, 0.717) is 6.04 Å². The van der Waals surface area contributed by atoms with Crippen LogP contribution < -0.4 is 20.1 Å². The average molecular weight is 278 g/mol. The third-order valence-electron chi connectivity index (χ3n) is 3.97. The normalized spacial score (nSPS) is 17.7. The molecule has 4 heteroatoms. The van der Waals surface area contributed by atoms with Crippen molar-refractivity contribution in [1.29, 1.82) is 0 Å². The Morgan fingerprint density at radius 3 is 2.70 bits per heavy atom. The Balaban J connectivity index is 2.53. The van der Waals surface area contributed by atoms with Crippen LogP contribution in [0, 0.1) is 0 Å². The van der Waals surface area contributed by atoms with Crippen molar-refractivity contribution in [3.05, 3.63) is 22.8 Å². The van der Waals surface area contributed by atoms with Crippen LogP contribution in [-0.2, 0) is 13.0 Å². The summed E-state index contributed by atoms with van der Waals surface area (Å²) in [5.41, 5.74) is 3.77. The first-order valence-corrected chi connectivity index (χ1v) is 7.47. The van der Waals surface area contributed by atoms with Crippen molar-refractivity contribution >= 4 is 0 Å². The Hall–Kier alpha value is -1.26. The summed E-state index contributed by atoms with van der Waals surface area (Å²) >= 11 is 0. The number of hydrogen-bond donors (Lipinski definition) is 2. The summed E-state index contributed by atoms with van der Waals surface area (Å²) in [6.45, 7) is 7.06. The first kappa shape index (κ1) is 15.1. The molecule has 112 valence electrons. The third-order valence-corrected chi connectivity index (χ3v) is 3.97. The molecule has 2 N–H and O–H groups in total. The summed E-state index contributed by atoms with van der Waals surface area (Å²) in [6, 6.07) is 2.48. The van der Waals surface area contributed by atoms with Gasteiger partial charge >= 0.3 is 0 Å². The van der Waals surface area contributed by atoms with E-state index < -0.39 is 0 Å². The van der Waals surface area contributed by atoms with E-state index in [0.717, 1.165) is 44.0 Å². The minimum Gasteiger partial charge on any atom is -0.496 e. The molecule has 1 atom stereocenters. The lowest BCUT2D eigenvalue weighted by atomic mass is 9.89. The molecular weight excluding hydrogens is 252 g/mol. The molecule has 20 heavy (non-hydrogen) atoms. The molecule has 4 nitrogen and oxygen atoms in total. The lowest BCUT2D eigenvalue weighted by molar-refractivity contribution is 0.369. The van der Waals surface area contributed by atoms with Crippen LogP contribution >= 0.6 is 0 Å². The summed E-state index contributed by atoms with van der Waals surface area (Å²) in [6.07, 6.45) is 2.05. The minimum absolute atomic E-state index is 0.357. The zero-order valence-corrected chi connectivity index (χ0v) is 13.0. The zero-order chi connectivity index (χ0) is 14.5. The summed E-state index contributed by atoms with van der Waals surface area (Å²) in [7, 11) is 3.51. The van der Waals surface area contributed by atoms with E-state index in [1.165, 1.54) is 16.7 Å². The Bertz CT molecular complexity index is 460. The van der Waals surface area contributed by atoms with E-state index in [4.69, 9.17) is 9.47 Å². The van der Waals surface area contributed by atoms with Crippen LogP contribution in [0.15, 0.2) is 6.07 Å². The number of rotatable bonds is 6. The van der Waals surface area contributed by atoms with Gasteiger partial charge in [0.05, 0.1) is 14.2 Å². The van der Waals surface area contributed by atoms with Crippen molar-refractivity contribution in [2.24, 2.45) is 0 Å². The highest BCUT2D eigenvalue weighted by atomic mass is 16.5. The second kappa shape index (κ2) is 6.95.